The normalized spacial score (nSPS) is 5.00. The molecule has 0 spiro atoms. The van der Waals surface area contributed by atoms with Crippen molar-refractivity contribution in [1.29, 1.82) is 0 Å². The Bertz CT molecular complexity index is 29.9. The van der Waals surface area contributed by atoms with Crippen LogP contribution < -0.4 is 5.11 Å². The minimum atomic E-state index is -0.0833. The fourth-order valence-corrected chi connectivity index (χ4v) is 0. The van der Waals surface area contributed by atoms with Gasteiger partial charge in [0.05, 0.1) is 0 Å². The molecule has 0 rings (SSSR count). The number of allylic oxidation sites excluding steroid dienone is 1. The molecule has 0 aliphatic heterocycles. The SMILES string of the molecule is Br.C=C(C)[O-]. The summed E-state index contributed by atoms with van der Waals surface area (Å²) in [5, 5.41) is 9.33. The summed E-state index contributed by atoms with van der Waals surface area (Å²) in [7, 11) is 0. The summed E-state index contributed by atoms with van der Waals surface area (Å²) in [5.41, 5.74) is 0. The maximum absolute atomic E-state index is 9.33. The molecule has 0 heterocycles. The molecule has 0 saturated heterocycles. The van der Waals surface area contributed by atoms with Gasteiger partial charge >= 0.3 is 0 Å². The van der Waals surface area contributed by atoms with E-state index in [9.17, 15) is 5.11 Å². The molecule has 0 aromatic carbocycles. The van der Waals surface area contributed by atoms with E-state index in [-0.39, 0.29) is 22.7 Å². The van der Waals surface area contributed by atoms with Crippen LogP contribution in [0.1, 0.15) is 6.92 Å². The van der Waals surface area contributed by atoms with Gasteiger partial charge < -0.3 is 5.11 Å². The summed E-state index contributed by atoms with van der Waals surface area (Å²) < 4.78 is 0. The summed E-state index contributed by atoms with van der Waals surface area (Å²) in [6, 6.07) is 0. The molecule has 0 N–H and O–H groups in total. The van der Waals surface area contributed by atoms with Crippen molar-refractivity contribution < 1.29 is 5.11 Å². The van der Waals surface area contributed by atoms with E-state index in [0.29, 0.717) is 0 Å². The highest BCUT2D eigenvalue weighted by Crippen LogP contribution is 1.57. The van der Waals surface area contributed by atoms with Crippen LogP contribution in [0, 0.1) is 0 Å². The van der Waals surface area contributed by atoms with Gasteiger partial charge in [0.15, 0.2) is 0 Å². The topological polar surface area (TPSA) is 23.1 Å². The third-order valence-corrected chi connectivity index (χ3v) is 0. The Morgan fingerprint density at radius 1 is 1.80 bits per heavy atom. The highest BCUT2D eigenvalue weighted by Gasteiger charge is 1.36. The first-order valence-electron chi connectivity index (χ1n) is 1.06. The predicted molar refractivity (Wildman–Crippen MR) is 25.1 cm³/mol. The molecule has 0 bridgehead atoms. The lowest BCUT2D eigenvalue weighted by molar-refractivity contribution is -0.300. The first-order chi connectivity index (χ1) is 1.73. The van der Waals surface area contributed by atoms with Crippen LogP contribution in [-0.2, 0) is 0 Å². The predicted octanol–water partition coefficient (Wildman–Crippen LogP) is 0.458. The van der Waals surface area contributed by atoms with Crippen LogP contribution >= 0.6 is 17.0 Å². The minimum absolute atomic E-state index is 0. The molecule has 0 aromatic rings. The highest BCUT2D eigenvalue weighted by atomic mass is 79.9. The average Bonchev–Trinajstić information content (AvgIpc) is 0.811. The second kappa shape index (κ2) is 4.02. The quantitative estimate of drug-likeness (QED) is 0.446. The summed E-state index contributed by atoms with van der Waals surface area (Å²) >= 11 is 0. The second-order valence-electron chi connectivity index (χ2n) is 0.702. The molecule has 0 aromatic heterocycles. The summed E-state index contributed by atoms with van der Waals surface area (Å²) in [6.45, 7) is 4.42. The molecule has 0 saturated carbocycles. The lowest BCUT2D eigenvalue weighted by atomic mass is 10.7. The Labute approximate surface area is 42.1 Å². The largest absolute Gasteiger partial charge is 0.876 e. The summed E-state index contributed by atoms with van der Waals surface area (Å²) in [4.78, 5) is 0. The monoisotopic (exact) mass is 137 g/mol. The Hall–Kier alpha value is 0.0200. The van der Waals surface area contributed by atoms with E-state index in [1.807, 2.05) is 0 Å². The third-order valence-electron chi connectivity index (χ3n) is 0. The van der Waals surface area contributed by atoms with Gasteiger partial charge in [-0.15, -0.1) is 29.3 Å². The van der Waals surface area contributed by atoms with Gasteiger partial charge in [0, 0.05) is 0 Å². The Balaban J connectivity index is 0. The van der Waals surface area contributed by atoms with Gasteiger partial charge in [0.2, 0.25) is 0 Å². The van der Waals surface area contributed by atoms with E-state index < -0.39 is 0 Å². The van der Waals surface area contributed by atoms with Crippen LogP contribution in [-0.4, -0.2) is 0 Å². The molecule has 0 aliphatic carbocycles. The molecule has 0 atom stereocenters. The Morgan fingerprint density at radius 2 is 1.80 bits per heavy atom. The van der Waals surface area contributed by atoms with Crippen molar-refractivity contribution in [2.75, 3.05) is 0 Å². The van der Waals surface area contributed by atoms with Gasteiger partial charge in [-0.2, -0.15) is 0 Å². The smallest absolute Gasteiger partial charge is 0.0549 e. The lowest BCUT2D eigenvalue weighted by Crippen LogP contribution is -1.92. The zero-order valence-electron chi connectivity index (χ0n) is 3.02. The van der Waals surface area contributed by atoms with Crippen molar-refractivity contribution in [3.05, 3.63) is 12.3 Å². The molecular weight excluding hydrogens is 132 g/mol. The number of hydrogen-bond acceptors (Lipinski definition) is 1. The molecule has 0 fully saturated rings. The van der Waals surface area contributed by atoms with Gasteiger partial charge in [-0.25, -0.2) is 0 Å². The van der Waals surface area contributed by atoms with Crippen LogP contribution in [0.15, 0.2) is 12.3 Å². The van der Waals surface area contributed by atoms with Gasteiger partial charge in [-0.3, -0.25) is 0 Å². The molecule has 0 amide bonds. The average molecular weight is 138 g/mol. The minimum Gasteiger partial charge on any atom is -0.876 e. The van der Waals surface area contributed by atoms with Crippen LogP contribution in [0.5, 0.6) is 0 Å². The number of halogens is 1. The van der Waals surface area contributed by atoms with Gasteiger partial charge in [0.1, 0.15) is 0 Å². The zero-order valence-corrected chi connectivity index (χ0v) is 4.74. The molecule has 2 heteroatoms. The van der Waals surface area contributed by atoms with E-state index in [1.165, 1.54) is 6.92 Å². The van der Waals surface area contributed by atoms with E-state index in [1.54, 1.807) is 0 Å². The maximum atomic E-state index is 9.33. The van der Waals surface area contributed by atoms with Crippen molar-refractivity contribution >= 4 is 17.0 Å². The standard InChI is InChI=1S/C3H6O.BrH/c1-3(2)4;/h4H,1H2,2H3;1H/p-1. The molecule has 0 radical (unpaired) electrons. The third kappa shape index (κ3) is 41000. The molecular formula is C3H6BrO-. The van der Waals surface area contributed by atoms with Crippen LogP contribution in [0.4, 0.5) is 0 Å². The Morgan fingerprint density at radius 3 is 1.80 bits per heavy atom. The molecule has 1 nitrogen and oxygen atoms in total. The number of rotatable bonds is 0. The van der Waals surface area contributed by atoms with E-state index in [0.717, 1.165) is 0 Å². The van der Waals surface area contributed by atoms with Gasteiger partial charge in [-0.05, 0) is 0 Å². The van der Waals surface area contributed by atoms with E-state index in [2.05, 4.69) is 6.58 Å². The maximum Gasteiger partial charge on any atom is -0.0549 e. The lowest BCUT2D eigenvalue weighted by Gasteiger charge is -1.92. The number of hydrogen-bond donors (Lipinski definition) is 0. The second-order valence-corrected chi connectivity index (χ2v) is 0.702. The van der Waals surface area contributed by atoms with Crippen LogP contribution in [0.2, 0.25) is 0 Å². The van der Waals surface area contributed by atoms with E-state index >= 15 is 0 Å². The van der Waals surface area contributed by atoms with Crippen molar-refractivity contribution in [1.82, 2.24) is 0 Å². The summed E-state index contributed by atoms with van der Waals surface area (Å²) in [5.74, 6) is -0.0833. The van der Waals surface area contributed by atoms with Gasteiger partial charge in [0.25, 0.3) is 0 Å². The van der Waals surface area contributed by atoms with Gasteiger partial charge in [-0.1, -0.05) is 6.92 Å². The summed E-state index contributed by atoms with van der Waals surface area (Å²) in [6.07, 6.45) is 0. The Kier molecular flexibility index (Phi) is 7.15. The van der Waals surface area contributed by atoms with E-state index in [4.69, 9.17) is 0 Å². The molecule has 0 unspecified atom stereocenters. The molecule has 0 aliphatic rings. The molecule has 5 heavy (non-hydrogen) atoms. The van der Waals surface area contributed by atoms with Crippen molar-refractivity contribution in [2.24, 2.45) is 0 Å². The first kappa shape index (κ1) is 8.89. The van der Waals surface area contributed by atoms with Crippen LogP contribution in [0.3, 0.4) is 0 Å². The zero-order chi connectivity index (χ0) is 3.58. The fourth-order valence-electron chi connectivity index (χ4n) is 0. The van der Waals surface area contributed by atoms with Crippen molar-refractivity contribution in [3.8, 4) is 0 Å². The van der Waals surface area contributed by atoms with Crippen LogP contribution in [0.25, 0.3) is 0 Å². The highest BCUT2D eigenvalue weighted by molar-refractivity contribution is 8.93. The fraction of sp³-hybridized carbons (Fsp3) is 0.333. The van der Waals surface area contributed by atoms with Crippen molar-refractivity contribution in [3.63, 3.8) is 0 Å². The molecule has 32 valence electrons. The van der Waals surface area contributed by atoms with Crippen molar-refractivity contribution in [2.45, 2.75) is 6.92 Å². The first-order valence-corrected chi connectivity index (χ1v) is 1.06.